The molecule has 11 heteroatoms. The summed E-state index contributed by atoms with van der Waals surface area (Å²) in [5, 5.41) is 36.8. The van der Waals surface area contributed by atoms with E-state index in [1.807, 2.05) is 29.2 Å². The predicted octanol–water partition coefficient (Wildman–Crippen LogP) is 2.57. The summed E-state index contributed by atoms with van der Waals surface area (Å²) in [5.41, 5.74) is 3.39. The third kappa shape index (κ3) is 4.40. The van der Waals surface area contributed by atoms with Gasteiger partial charge in [-0.1, -0.05) is 10.1 Å². The van der Waals surface area contributed by atoms with Gasteiger partial charge >= 0.3 is 16.7 Å². The van der Waals surface area contributed by atoms with Crippen LogP contribution < -0.4 is 9.47 Å². The lowest BCUT2D eigenvalue weighted by Gasteiger charge is -2.22. The van der Waals surface area contributed by atoms with E-state index >= 15 is 0 Å². The molecule has 4 aromatic rings. The van der Waals surface area contributed by atoms with Crippen LogP contribution in [-0.4, -0.2) is 57.6 Å². The van der Waals surface area contributed by atoms with Crippen molar-refractivity contribution < 1.29 is 24.7 Å². The molecule has 0 amide bonds. The maximum Gasteiger partial charge on any atom is 0.347 e. The minimum absolute atomic E-state index is 0.00139. The highest BCUT2D eigenvalue weighted by atomic mass is 32.1. The lowest BCUT2D eigenvalue weighted by atomic mass is 10.2. The Bertz CT molecular complexity index is 1300. The Morgan fingerprint density at radius 1 is 1.03 bits per heavy atom. The van der Waals surface area contributed by atoms with Crippen molar-refractivity contribution in [2.45, 2.75) is 0 Å². The minimum Gasteiger partial charge on any atom is -0.478 e. The minimum atomic E-state index is -1.01. The van der Waals surface area contributed by atoms with Gasteiger partial charge in [0, 0.05) is 23.9 Å². The van der Waals surface area contributed by atoms with Gasteiger partial charge < -0.3 is 20.2 Å². The highest BCUT2D eigenvalue weighted by Crippen LogP contribution is 2.28. The van der Waals surface area contributed by atoms with Crippen molar-refractivity contribution in [2.24, 2.45) is 17.3 Å². The molecule has 4 rings (SSSR count). The second kappa shape index (κ2) is 9.30. The van der Waals surface area contributed by atoms with Crippen molar-refractivity contribution in [1.29, 1.82) is 0 Å². The highest BCUT2D eigenvalue weighted by Gasteiger charge is 2.20. The highest BCUT2D eigenvalue weighted by molar-refractivity contribution is 7.20. The van der Waals surface area contributed by atoms with E-state index in [0.29, 0.717) is 45.4 Å². The molecule has 10 nitrogen and oxygen atoms in total. The third-order valence-corrected chi connectivity index (χ3v) is 5.87. The molecule has 0 spiro atoms. The second-order valence-electron chi connectivity index (χ2n) is 6.96. The number of aliphatic hydroxyl groups excluding tert-OH is 2. The molecular weight excluding hydrogens is 432 g/mol. The van der Waals surface area contributed by atoms with Gasteiger partial charge in [-0.3, -0.25) is 0 Å². The molecule has 0 bridgehead atoms. The maximum atomic E-state index is 11.2. The number of thiazole rings is 1. The number of carboxylic acids is 1. The van der Waals surface area contributed by atoms with Crippen molar-refractivity contribution in [2.75, 3.05) is 31.2 Å². The summed E-state index contributed by atoms with van der Waals surface area (Å²) in [6.45, 7) is 0.861. The Hall–Kier alpha value is -3.54. The van der Waals surface area contributed by atoms with Gasteiger partial charge in [0.05, 0.1) is 25.8 Å². The van der Waals surface area contributed by atoms with E-state index in [4.69, 9.17) is 0 Å². The molecule has 0 saturated heterocycles. The largest absolute Gasteiger partial charge is 0.478 e. The summed E-state index contributed by atoms with van der Waals surface area (Å²) >= 11 is 1.34. The number of aromatic nitrogens is 3. The zero-order valence-corrected chi connectivity index (χ0v) is 18.0. The van der Waals surface area contributed by atoms with Crippen LogP contribution in [0.4, 0.5) is 16.5 Å². The molecule has 0 saturated carbocycles. The van der Waals surface area contributed by atoms with Gasteiger partial charge in [-0.2, -0.15) is 0 Å². The SMILES string of the molecule is C[n+]1c(N=Nc2ccc(N(CCO)CCO)cc2)sc2nc3ccc(C(=O)O)cc3nc21. The van der Waals surface area contributed by atoms with Crippen molar-refractivity contribution >= 4 is 55.3 Å². The van der Waals surface area contributed by atoms with Gasteiger partial charge in [0.15, 0.2) is 10.3 Å². The fourth-order valence-corrected chi connectivity index (χ4v) is 4.12. The number of azo groups is 1. The molecule has 0 fully saturated rings. The summed E-state index contributed by atoms with van der Waals surface area (Å²) < 4.78 is 1.77. The van der Waals surface area contributed by atoms with Gasteiger partial charge in [0.1, 0.15) is 11.2 Å². The standard InChI is InChI=1S/C21H20N6O4S/c1-26-18-19(23-16-7-2-13(20(30)31)12-17(16)22-18)32-21(26)25-24-14-3-5-15(6-4-14)27(8-10-28)9-11-29/h2-7,12,28-29H,8-11H2,1H3/p+1. The molecule has 0 radical (unpaired) electrons. The molecule has 0 aliphatic heterocycles. The average molecular weight is 454 g/mol. The van der Waals surface area contributed by atoms with Gasteiger partial charge in [0.2, 0.25) is 0 Å². The summed E-state index contributed by atoms with van der Waals surface area (Å²) in [5.74, 6) is -1.01. The Labute approximate surface area is 186 Å². The number of hydrogen-bond acceptors (Lipinski definition) is 9. The fraction of sp³-hybridized carbons (Fsp3) is 0.238. The fourth-order valence-electron chi connectivity index (χ4n) is 3.22. The van der Waals surface area contributed by atoms with Crippen molar-refractivity contribution in [1.82, 2.24) is 9.97 Å². The topological polar surface area (TPSA) is 135 Å². The first-order valence-electron chi connectivity index (χ1n) is 9.82. The number of hydrogen-bond donors (Lipinski definition) is 3. The Morgan fingerprint density at radius 2 is 1.75 bits per heavy atom. The first-order chi connectivity index (χ1) is 15.5. The van der Waals surface area contributed by atoms with Gasteiger partial charge in [-0.25, -0.2) is 14.3 Å². The number of carbonyl (C=O) groups is 1. The van der Waals surface area contributed by atoms with Crippen LogP contribution in [0.2, 0.25) is 0 Å². The number of fused-ring (bicyclic) bond motifs is 2. The Morgan fingerprint density at radius 3 is 2.41 bits per heavy atom. The van der Waals surface area contributed by atoms with Crippen molar-refractivity contribution in [3.63, 3.8) is 0 Å². The summed E-state index contributed by atoms with van der Waals surface area (Å²) in [7, 11) is 1.81. The molecule has 2 aromatic carbocycles. The van der Waals surface area contributed by atoms with E-state index in [9.17, 15) is 20.1 Å². The molecule has 164 valence electrons. The molecule has 3 N–H and O–H groups in total. The molecule has 0 aliphatic rings. The number of nitrogens with zero attached hydrogens (tertiary/aromatic N) is 6. The van der Waals surface area contributed by atoms with E-state index in [1.165, 1.54) is 23.5 Å². The van der Waals surface area contributed by atoms with Crippen LogP contribution >= 0.6 is 11.3 Å². The Balaban J connectivity index is 1.61. The van der Waals surface area contributed by atoms with Gasteiger partial charge in [-0.15, -0.1) is 0 Å². The van der Waals surface area contributed by atoms with E-state index in [2.05, 4.69) is 20.2 Å². The van der Waals surface area contributed by atoms with E-state index in [0.717, 1.165) is 5.69 Å². The summed E-state index contributed by atoms with van der Waals surface area (Å²) in [4.78, 5) is 22.9. The van der Waals surface area contributed by atoms with E-state index in [1.54, 1.807) is 17.7 Å². The first-order valence-corrected chi connectivity index (χ1v) is 10.6. The number of benzene rings is 2. The van der Waals surface area contributed by atoms with E-state index in [-0.39, 0.29) is 18.8 Å². The molecule has 2 aromatic heterocycles. The van der Waals surface area contributed by atoms with Crippen LogP contribution in [0.1, 0.15) is 10.4 Å². The van der Waals surface area contributed by atoms with Crippen LogP contribution in [0.5, 0.6) is 0 Å². The third-order valence-electron chi connectivity index (χ3n) is 4.86. The number of aromatic carboxylic acids is 1. The lowest BCUT2D eigenvalue weighted by molar-refractivity contribution is -0.629. The van der Waals surface area contributed by atoms with Crippen LogP contribution in [0.3, 0.4) is 0 Å². The van der Waals surface area contributed by atoms with Crippen molar-refractivity contribution in [3.05, 3.63) is 48.0 Å². The summed E-state index contributed by atoms with van der Waals surface area (Å²) in [6, 6.07) is 12.0. The molecule has 0 unspecified atom stereocenters. The van der Waals surface area contributed by atoms with Gasteiger partial charge in [-0.05, 0) is 53.8 Å². The number of carboxylic acid groups (broad SMARTS) is 1. The van der Waals surface area contributed by atoms with E-state index < -0.39 is 5.97 Å². The number of anilines is 1. The van der Waals surface area contributed by atoms with Gasteiger partial charge in [0.25, 0.3) is 0 Å². The van der Waals surface area contributed by atoms with Crippen LogP contribution in [-0.2, 0) is 7.05 Å². The second-order valence-corrected chi connectivity index (χ2v) is 7.91. The van der Waals surface area contributed by atoms with Crippen LogP contribution in [0.25, 0.3) is 21.5 Å². The summed E-state index contributed by atoms with van der Waals surface area (Å²) in [6.07, 6.45) is 0. The normalized spacial score (nSPS) is 11.6. The quantitative estimate of drug-likeness (QED) is 0.276. The van der Waals surface area contributed by atoms with Crippen molar-refractivity contribution in [3.8, 4) is 0 Å². The maximum absolute atomic E-state index is 11.2. The number of aryl methyl sites for hydroxylation is 1. The van der Waals surface area contributed by atoms with Crippen LogP contribution in [0.15, 0.2) is 52.7 Å². The molecular formula is C21H21N6O4S+. The zero-order valence-electron chi connectivity index (χ0n) is 17.2. The molecule has 32 heavy (non-hydrogen) atoms. The average Bonchev–Trinajstić information content (AvgIpc) is 3.10. The number of rotatable bonds is 8. The lowest BCUT2D eigenvalue weighted by Crippen LogP contribution is -2.29. The number of aliphatic hydroxyl groups is 2. The van der Waals surface area contributed by atoms with Crippen LogP contribution in [0, 0.1) is 0 Å². The molecule has 0 atom stereocenters. The molecule has 0 aliphatic carbocycles. The smallest absolute Gasteiger partial charge is 0.347 e. The first kappa shape index (κ1) is 21.7. The zero-order chi connectivity index (χ0) is 22.7. The Kier molecular flexibility index (Phi) is 6.30. The monoisotopic (exact) mass is 453 g/mol. The predicted molar refractivity (Wildman–Crippen MR) is 120 cm³/mol. The molecule has 2 heterocycles.